The highest BCUT2D eigenvalue weighted by Gasteiger charge is 2.39. The molecular formula is C35H45Br2ClN2O7. The number of aromatic nitrogens is 1. The molecule has 1 aromatic carbocycles. The van der Waals surface area contributed by atoms with Crippen molar-refractivity contribution in [1.29, 1.82) is 0 Å². The second-order valence-corrected chi connectivity index (χ2v) is 15.5. The van der Waals surface area contributed by atoms with Crippen LogP contribution in [0.5, 0.6) is 0 Å². The highest BCUT2D eigenvalue weighted by atomic mass is 79.9. The summed E-state index contributed by atoms with van der Waals surface area (Å²) in [7, 11) is 3.17. The molecule has 0 spiro atoms. The zero-order valence-electron chi connectivity index (χ0n) is 26.9. The molecule has 3 fully saturated rings. The number of rotatable bonds is 5. The number of nitrogens with zero attached hydrogens (tertiary/aromatic N) is 2. The number of benzene rings is 1. The third-order valence-corrected chi connectivity index (χ3v) is 11.9. The average molecular weight is 801 g/mol. The Balaban J connectivity index is 0.000000305. The molecule has 9 nitrogen and oxygen atoms in total. The van der Waals surface area contributed by atoms with Crippen LogP contribution in [0.3, 0.4) is 0 Å². The molecule has 47 heavy (non-hydrogen) atoms. The first kappa shape index (κ1) is 36.7. The van der Waals surface area contributed by atoms with Gasteiger partial charge in [-0.25, -0.2) is 0 Å². The number of piperidine rings is 1. The fraction of sp³-hybridized carbons (Fsp3) is 0.629. The van der Waals surface area contributed by atoms with Gasteiger partial charge < -0.3 is 29.7 Å². The van der Waals surface area contributed by atoms with Gasteiger partial charge in [0, 0.05) is 59.3 Å². The Kier molecular flexibility index (Phi) is 12.8. The molecule has 4 aliphatic rings. The van der Waals surface area contributed by atoms with Crippen LogP contribution in [0.25, 0.3) is 0 Å². The lowest BCUT2D eigenvalue weighted by Crippen LogP contribution is -2.46. The minimum absolute atomic E-state index is 0.109. The third kappa shape index (κ3) is 8.59. The van der Waals surface area contributed by atoms with Gasteiger partial charge in [0.15, 0.2) is 0 Å². The van der Waals surface area contributed by atoms with Crippen molar-refractivity contribution in [1.82, 2.24) is 9.88 Å². The number of pyridine rings is 1. The number of carbonyl (C=O) groups excluding carboxylic acids is 1. The predicted octanol–water partition coefficient (Wildman–Crippen LogP) is 6.15. The van der Waals surface area contributed by atoms with E-state index in [4.69, 9.17) is 31.2 Å². The molecule has 1 saturated heterocycles. The van der Waals surface area contributed by atoms with Crippen LogP contribution in [0, 0.1) is 17.8 Å². The van der Waals surface area contributed by atoms with Crippen LogP contribution in [-0.2, 0) is 31.9 Å². The minimum Gasteiger partial charge on any atom is -0.481 e. The third-order valence-electron chi connectivity index (χ3n) is 10.6. The lowest BCUT2D eigenvalue weighted by molar-refractivity contribution is -0.147. The summed E-state index contributed by atoms with van der Waals surface area (Å²) in [5.74, 6) is -0.583. The normalized spacial score (nSPS) is 29.5. The van der Waals surface area contributed by atoms with E-state index in [0.29, 0.717) is 31.6 Å². The number of aliphatic hydroxyl groups excluding tert-OH is 2. The monoisotopic (exact) mass is 798 g/mol. The van der Waals surface area contributed by atoms with Crippen molar-refractivity contribution >= 4 is 55.3 Å². The number of amides is 1. The number of aliphatic hydroxyl groups is 2. The number of hydrogen-bond acceptors (Lipinski definition) is 7. The number of halogens is 3. The number of fused-ring (bicyclic) bond motifs is 2. The molecule has 2 saturated carbocycles. The van der Waals surface area contributed by atoms with Gasteiger partial charge in [-0.1, -0.05) is 27.5 Å². The average Bonchev–Trinajstić information content (AvgIpc) is 3.21. The van der Waals surface area contributed by atoms with Gasteiger partial charge in [-0.15, -0.1) is 0 Å². The molecule has 7 atom stereocenters. The Hall–Kier alpha value is -1.60. The van der Waals surface area contributed by atoms with Crippen LogP contribution < -0.4 is 0 Å². The number of aryl methyl sites for hydroxylation is 2. The van der Waals surface area contributed by atoms with Crippen LogP contribution >= 0.6 is 43.5 Å². The second kappa shape index (κ2) is 16.4. The summed E-state index contributed by atoms with van der Waals surface area (Å²) in [5, 5.41) is 29.2. The van der Waals surface area contributed by atoms with Crippen LogP contribution in [0.2, 0.25) is 5.02 Å². The van der Waals surface area contributed by atoms with Crippen LogP contribution in [-0.4, -0.2) is 88.8 Å². The zero-order chi connectivity index (χ0) is 33.8. The molecule has 3 aliphatic carbocycles. The van der Waals surface area contributed by atoms with Gasteiger partial charge in [0.2, 0.25) is 5.91 Å². The quantitative estimate of drug-likeness (QED) is 0.329. The first-order valence-corrected chi connectivity index (χ1v) is 18.5. The van der Waals surface area contributed by atoms with E-state index in [0.717, 1.165) is 71.3 Å². The maximum atomic E-state index is 13.3. The van der Waals surface area contributed by atoms with Gasteiger partial charge in [0.1, 0.15) is 0 Å². The summed E-state index contributed by atoms with van der Waals surface area (Å²) in [6, 6.07) is 6.31. The summed E-state index contributed by atoms with van der Waals surface area (Å²) in [6.07, 6.45) is 7.67. The lowest BCUT2D eigenvalue weighted by atomic mass is 9.76. The summed E-state index contributed by atoms with van der Waals surface area (Å²) in [4.78, 5) is 30.8. The van der Waals surface area contributed by atoms with E-state index in [2.05, 4.69) is 44.0 Å². The van der Waals surface area contributed by atoms with Crippen molar-refractivity contribution in [2.24, 2.45) is 17.8 Å². The van der Waals surface area contributed by atoms with E-state index in [9.17, 15) is 19.8 Å². The fourth-order valence-corrected chi connectivity index (χ4v) is 9.48. The van der Waals surface area contributed by atoms with E-state index in [1.165, 1.54) is 23.8 Å². The van der Waals surface area contributed by atoms with Gasteiger partial charge in [-0.3, -0.25) is 14.6 Å². The first-order chi connectivity index (χ1) is 22.5. The van der Waals surface area contributed by atoms with E-state index in [-0.39, 0.29) is 30.0 Å². The van der Waals surface area contributed by atoms with Gasteiger partial charge in [0.25, 0.3) is 0 Å². The van der Waals surface area contributed by atoms with Crippen LogP contribution in [0.4, 0.5) is 0 Å². The molecule has 2 heterocycles. The number of likely N-dealkylation sites (tertiary alicyclic amines) is 1. The van der Waals surface area contributed by atoms with Crippen molar-refractivity contribution in [3.05, 3.63) is 60.7 Å². The summed E-state index contributed by atoms with van der Waals surface area (Å²) in [5.41, 5.74) is 5.02. The van der Waals surface area contributed by atoms with Crippen LogP contribution in [0.1, 0.15) is 79.7 Å². The molecular weight excluding hydrogens is 756 g/mol. The van der Waals surface area contributed by atoms with Crippen molar-refractivity contribution in [3.8, 4) is 0 Å². The molecule has 258 valence electrons. The highest BCUT2D eigenvalue weighted by molar-refractivity contribution is 9.10. The van der Waals surface area contributed by atoms with E-state index >= 15 is 0 Å². The van der Waals surface area contributed by atoms with Crippen molar-refractivity contribution in [2.75, 3.05) is 27.3 Å². The Morgan fingerprint density at radius 2 is 1.47 bits per heavy atom. The number of aliphatic carboxylic acids is 1. The Morgan fingerprint density at radius 1 is 0.872 bits per heavy atom. The minimum atomic E-state index is -0.816. The largest absolute Gasteiger partial charge is 0.481 e. The van der Waals surface area contributed by atoms with Gasteiger partial charge in [0.05, 0.1) is 36.0 Å². The van der Waals surface area contributed by atoms with Gasteiger partial charge in [-0.2, -0.15) is 0 Å². The number of carboxylic acids is 1. The van der Waals surface area contributed by atoms with Crippen molar-refractivity contribution in [3.63, 3.8) is 0 Å². The summed E-state index contributed by atoms with van der Waals surface area (Å²) >= 11 is 13.9. The lowest BCUT2D eigenvalue weighted by Gasteiger charge is -2.40. The molecule has 6 rings (SSSR count). The maximum absolute atomic E-state index is 13.3. The summed E-state index contributed by atoms with van der Waals surface area (Å²) < 4.78 is 12.4. The number of ether oxygens (including phenoxy) is 2. The predicted molar refractivity (Wildman–Crippen MR) is 186 cm³/mol. The Bertz CT molecular complexity index is 1420. The van der Waals surface area contributed by atoms with Gasteiger partial charge >= 0.3 is 5.97 Å². The topological polar surface area (TPSA) is 129 Å². The Morgan fingerprint density at radius 3 is 2.06 bits per heavy atom. The molecule has 2 aromatic rings. The second-order valence-electron chi connectivity index (χ2n) is 13.3. The number of carbonyl (C=O) groups is 2. The standard InChI is InChI=1S/C27H31Br2ClN2O3.C8H14O4/c1-35-23-5-4-18(12-22(23)33)27(34)32-8-6-15(7-9-32)25-24-16(11-20(30)13-21(24)29)2-3-17-10-19(28)14-31-26(17)25;1-12-7-3-2-5(8(10)11)4-6(7)9/h10-11,13-15,18,22-23,25,33H,2-9,12H2,1H3;5-7,9H,2-4H2,1H3,(H,10,11)/t18?,22?,23?,25-;/m1./s1. The van der Waals surface area contributed by atoms with Crippen molar-refractivity contribution in [2.45, 2.75) is 94.5 Å². The van der Waals surface area contributed by atoms with E-state index in [1.54, 1.807) is 7.11 Å². The number of hydrogen-bond donors (Lipinski definition) is 3. The maximum Gasteiger partial charge on any atom is 0.306 e. The molecule has 1 aliphatic heterocycles. The zero-order valence-corrected chi connectivity index (χ0v) is 30.8. The molecule has 3 N–H and O–H groups in total. The smallest absolute Gasteiger partial charge is 0.306 e. The van der Waals surface area contributed by atoms with E-state index in [1.807, 2.05) is 17.2 Å². The molecule has 6 unspecified atom stereocenters. The Labute approximate surface area is 298 Å². The van der Waals surface area contributed by atoms with Crippen molar-refractivity contribution < 1.29 is 34.4 Å². The van der Waals surface area contributed by atoms with Crippen LogP contribution in [0.15, 0.2) is 33.3 Å². The SMILES string of the molecule is COC1CCC(C(=O)N2CCC([C@H]3c4ncc(Br)cc4CCc4cc(Cl)cc(Br)c43)CC2)CC1O.COC1CCC(C(=O)O)CC1O. The molecule has 1 amide bonds. The molecule has 1 aromatic heterocycles. The number of carboxylic acid groups (broad SMARTS) is 1. The molecule has 0 radical (unpaired) electrons. The summed E-state index contributed by atoms with van der Waals surface area (Å²) in [6.45, 7) is 1.49. The first-order valence-electron chi connectivity index (χ1n) is 16.6. The molecule has 0 bridgehead atoms. The molecule has 12 heteroatoms. The highest BCUT2D eigenvalue weighted by Crippen LogP contribution is 2.46. The van der Waals surface area contributed by atoms with E-state index < -0.39 is 24.1 Å². The fourth-order valence-electron chi connectivity index (χ4n) is 7.98. The van der Waals surface area contributed by atoms with Gasteiger partial charge in [-0.05, 0) is 121 Å². The number of methoxy groups -OCH3 is 2.